The number of benzene rings is 1. The minimum absolute atomic E-state index is 0.0683. The molecule has 1 aromatic heterocycles. The Balaban J connectivity index is 2.69. The number of hydrogen-bond acceptors (Lipinski definition) is 3. The normalized spacial score (nSPS) is 10.2. The minimum Gasteiger partial charge on any atom is -0.295 e. The van der Waals surface area contributed by atoms with Crippen LogP contribution in [0.5, 0.6) is 0 Å². The molecular formula is C10H8N2O. The fourth-order valence-corrected chi connectivity index (χ4v) is 1.21. The first kappa shape index (κ1) is 7.86. The zero-order valence-electron chi connectivity index (χ0n) is 7.19. The highest BCUT2D eigenvalue weighted by Crippen LogP contribution is 2.12. The largest absolute Gasteiger partial charge is 0.295 e. The zero-order chi connectivity index (χ0) is 9.26. The van der Waals surface area contributed by atoms with Crippen molar-refractivity contribution in [1.29, 1.82) is 0 Å². The van der Waals surface area contributed by atoms with Crippen molar-refractivity contribution < 1.29 is 4.79 Å². The first-order valence-electron chi connectivity index (χ1n) is 4.00. The minimum atomic E-state index is 0.0683. The average Bonchev–Trinajstić information content (AvgIpc) is 2.17. The van der Waals surface area contributed by atoms with Crippen LogP contribution in [0.3, 0.4) is 0 Å². The maximum Gasteiger partial charge on any atom is 0.159 e. The van der Waals surface area contributed by atoms with Gasteiger partial charge in [-0.1, -0.05) is 0 Å². The second kappa shape index (κ2) is 2.94. The lowest BCUT2D eigenvalue weighted by Crippen LogP contribution is -1.92. The molecule has 0 fully saturated rings. The molecule has 0 aliphatic rings. The zero-order valence-corrected chi connectivity index (χ0v) is 7.19. The molecule has 0 saturated heterocycles. The fraction of sp³-hybridized carbons (Fsp3) is 0.100. The SMILES string of the molecule is CC(=O)c1ccc2nnccc2c1. The van der Waals surface area contributed by atoms with Crippen molar-refractivity contribution in [2.45, 2.75) is 6.92 Å². The van der Waals surface area contributed by atoms with E-state index in [2.05, 4.69) is 10.2 Å². The fourth-order valence-electron chi connectivity index (χ4n) is 1.21. The lowest BCUT2D eigenvalue weighted by Gasteiger charge is -1.97. The summed E-state index contributed by atoms with van der Waals surface area (Å²) in [6.45, 7) is 1.55. The number of carbonyl (C=O) groups is 1. The summed E-state index contributed by atoms with van der Waals surface area (Å²) in [7, 11) is 0. The van der Waals surface area contributed by atoms with E-state index in [4.69, 9.17) is 0 Å². The molecule has 3 heteroatoms. The number of ketones is 1. The van der Waals surface area contributed by atoms with Crippen LogP contribution in [-0.2, 0) is 0 Å². The molecule has 1 heterocycles. The third-order valence-electron chi connectivity index (χ3n) is 1.92. The highest BCUT2D eigenvalue weighted by atomic mass is 16.1. The molecule has 0 aliphatic carbocycles. The first-order chi connectivity index (χ1) is 6.27. The van der Waals surface area contributed by atoms with Crippen molar-refractivity contribution in [2.24, 2.45) is 0 Å². The van der Waals surface area contributed by atoms with Gasteiger partial charge < -0.3 is 0 Å². The van der Waals surface area contributed by atoms with Gasteiger partial charge in [-0.15, -0.1) is 0 Å². The van der Waals surface area contributed by atoms with Crippen LogP contribution in [0.4, 0.5) is 0 Å². The third-order valence-corrected chi connectivity index (χ3v) is 1.92. The van der Waals surface area contributed by atoms with Crippen molar-refractivity contribution >= 4 is 16.7 Å². The van der Waals surface area contributed by atoms with Crippen LogP contribution in [0.15, 0.2) is 30.5 Å². The van der Waals surface area contributed by atoms with Crippen LogP contribution in [0, 0.1) is 0 Å². The Labute approximate surface area is 75.4 Å². The molecule has 0 N–H and O–H groups in total. The van der Waals surface area contributed by atoms with E-state index >= 15 is 0 Å². The lowest BCUT2D eigenvalue weighted by molar-refractivity contribution is 0.101. The molecule has 0 radical (unpaired) electrons. The molecule has 0 unspecified atom stereocenters. The van der Waals surface area contributed by atoms with Crippen LogP contribution in [-0.4, -0.2) is 16.0 Å². The van der Waals surface area contributed by atoms with Crippen molar-refractivity contribution in [1.82, 2.24) is 10.2 Å². The van der Waals surface area contributed by atoms with Crippen LogP contribution < -0.4 is 0 Å². The van der Waals surface area contributed by atoms with E-state index in [1.807, 2.05) is 12.1 Å². The molecule has 0 spiro atoms. The molecule has 0 bridgehead atoms. The maximum absolute atomic E-state index is 11.1. The van der Waals surface area contributed by atoms with Gasteiger partial charge in [-0.25, -0.2) is 0 Å². The topological polar surface area (TPSA) is 42.9 Å². The van der Waals surface area contributed by atoms with Gasteiger partial charge in [0.15, 0.2) is 5.78 Å². The molecule has 2 rings (SSSR count). The summed E-state index contributed by atoms with van der Waals surface area (Å²) in [6, 6.07) is 7.24. The Morgan fingerprint density at radius 2 is 2.15 bits per heavy atom. The van der Waals surface area contributed by atoms with Gasteiger partial charge >= 0.3 is 0 Å². The van der Waals surface area contributed by atoms with Crippen molar-refractivity contribution in [2.75, 3.05) is 0 Å². The van der Waals surface area contributed by atoms with Gasteiger partial charge in [0.1, 0.15) is 0 Å². The van der Waals surface area contributed by atoms with Gasteiger partial charge in [-0.05, 0) is 31.2 Å². The number of Topliss-reactive ketones (excluding diaryl/α,β-unsaturated/α-hetero) is 1. The maximum atomic E-state index is 11.1. The molecule has 13 heavy (non-hydrogen) atoms. The Hall–Kier alpha value is -1.77. The van der Waals surface area contributed by atoms with Crippen molar-refractivity contribution in [3.05, 3.63) is 36.0 Å². The average molecular weight is 172 g/mol. The summed E-state index contributed by atoms with van der Waals surface area (Å²) in [5.41, 5.74) is 1.52. The molecule has 2 aromatic rings. The third kappa shape index (κ3) is 1.40. The van der Waals surface area contributed by atoms with E-state index in [-0.39, 0.29) is 5.78 Å². The van der Waals surface area contributed by atoms with Gasteiger partial charge in [-0.3, -0.25) is 4.79 Å². The predicted octanol–water partition coefficient (Wildman–Crippen LogP) is 1.83. The smallest absolute Gasteiger partial charge is 0.159 e. The molecule has 0 amide bonds. The quantitative estimate of drug-likeness (QED) is 0.616. The molecule has 64 valence electrons. The van der Waals surface area contributed by atoms with Crippen LogP contribution in [0.2, 0.25) is 0 Å². The van der Waals surface area contributed by atoms with E-state index in [0.29, 0.717) is 5.56 Å². The van der Waals surface area contributed by atoms with Gasteiger partial charge in [0.25, 0.3) is 0 Å². The molecule has 3 nitrogen and oxygen atoms in total. The molecule has 0 saturated carbocycles. The Bertz CT molecular complexity index is 465. The standard InChI is InChI=1S/C10H8N2O/c1-7(13)8-2-3-10-9(6-8)4-5-11-12-10/h2-6H,1H3. The Morgan fingerprint density at radius 3 is 2.92 bits per heavy atom. The van der Waals surface area contributed by atoms with Crippen LogP contribution in [0.1, 0.15) is 17.3 Å². The lowest BCUT2D eigenvalue weighted by atomic mass is 10.1. The highest BCUT2D eigenvalue weighted by Gasteiger charge is 2.00. The van der Waals surface area contributed by atoms with E-state index in [1.165, 1.54) is 0 Å². The van der Waals surface area contributed by atoms with Gasteiger partial charge in [0, 0.05) is 10.9 Å². The highest BCUT2D eigenvalue weighted by molar-refractivity contribution is 5.97. The number of rotatable bonds is 1. The van der Waals surface area contributed by atoms with E-state index in [0.717, 1.165) is 10.9 Å². The summed E-state index contributed by atoms with van der Waals surface area (Å²) >= 11 is 0. The summed E-state index contributed by atoms with van der Waals surface area (Å²) < 4.78 is 0. The molecule has 0 atom stereocenters. The summed E-state index contributed by atoms with van der Waals surface area (Å²) in [6.07, 6.45) is 1.62. The van der Waals surface area contributed by atoms with E-state index in [1.54, 1.807) is 25.3 Å². The molecule has 0 aliphatic heterocycles. The Morgan fingerprint density at radius 1 is 1.31 bits per heavy atom. The monoisotopic (exact) mass is 172 g/mol. The van der Waals surface area contributed by atoms with E-state index in [9.17, 15) is 4.79 Å². The van der Waals surface area contributed by atoms with Gasteiger partial charge in [0.05, 0.1) is 11.7 Å². The predicted molar refractivity (Wildman–Crippen MR) is 49.5 cm³/mol. The summed E-state index contributed by atoms with van der Waals surface area (Å²) in [5.74, 6) is 0.0683. The molecular weight excluding hydrogens is 164 g/mol. The van der Waals surface area contributed by atoms with E-state index < -0.39 is 0 Å². The van der Waals surface area contributed by atoms with Crippen molar-refractivity contribution in [3.8, 4) is 0 Å². The van der Waals surface area contributed by atoms with Crippen molar-refractivity contribution in [3.63, 3.8) is 0 Å². The second-order valence-electron chi connectivity index (χ2n) is 2.86. The Kier molecular flexibility index (Phi) is 1.77. The number of aromatic nitrogens is 2. The van der Waals surface area contributed by atoms with Crippen LogP contribution in [0.25, 0.3) is 10.9 Å². The summed E-state index contributed by atoms with van der Waals surface area (Å²) in [4.78, 5) is 11.1. The number of hydrogen-bond donors (Lipinski definition) is 0. The number of carbonyl (C=O) groups excluding carboxylic acids is 1. The molecule has 1 aromatic carbocycles. The van der Waals surface area contributed by atoms with Gasteiger partial charge in [-0.2, -0.15) is 10.2 Å². The number of fused-ring (bicyclic) bond motifs is 1. The number of nitrogens with zero attached hydrogens (tertiary/aromatic N) is 2. The van der Waals surface area contributed by atoms with Crippen LogP contribution >= 0.6 is 0 Å². The first-order valence-corrected chi connectivity index (χ1v) is 4.00. The second-order valence-corrected chi connectivity index (χ2v) is 2.86. The summed E-state index contributed by atoms with van der Waals surface area (Å²) in [5, 5.41) is 8.62. The van der Waals surface area contributed by atoms with Gasteiger partial charge in [0.2, 0.25) is 0 Å².